The molecule has 134 valence electrons. The van der Waals surface area contributed by atoms with Gasteiger partial charge in [-0.3, -0.25) is 4.79 Å². The number of carbonyl (C=O) groups is 1. The van der Waals surface area contributed by atoms with Crippen LogP contribution in [0.3, 0.4) is 0 Å². The summed E-state index contributed by atoms with van der Waals surface area (Å²) in [6.45, 7) is 2.46. The minimum absolute atomic E-state index is 0.0560. The van der Waals surface area contributed by atoms with Crippen LogP contribution in [0.2, 0.25) is 5.02 Å². The first-order valence-electron chi connectivity index (χ1n) is 8.29. The summed E-state index contributed by atoms with van der Waals surface area (Å²) in [5.74, 6) is 0.822. The van der Waals surface area contributed by atoms with Crippen molar-refractivity contribution in [1.82, 2.24) is 10.3 Å². The lowest BCUT2D eigenvalue weighted by molar-refractivity contribution is -0.120. The van der Waals surface area contributed by atoms with Crippen LogP contribution in [-0.2, 0) is 11.3 Å². The zero-order valence-corrected chi connectivity index (χ0v) is 16.8. The summed E-state index contributed by atoms with van der Waals surface area (Å²) in [7, 11) is 0. The van der Waals surface area contributed by atoms with Crippen LogP contribution in [0.4, 0.5) is 0 Å². The number of carbonyl (C=O) groups excluding carboxylic acids is 1. The van der Waals surface area contributed by atoms with Gasteiger partial charge in [0.1, 0.15) is 5.01 Å². The fourth-order valence-electron chi connectivity index (χ4n) is 2.39. The highest BCUT2D eigenvalue weighted by Gasteiger charge is 2.12. The van der Waals surface area contributed by atoms with Crippen molar-refractivity contribution in [3.63, 3.8) is 0 Å². The van der Waals surface area contributed by atoms with Gasteiger partial charge in [0.25, 0.3) is 0 Å². The number of amides is 1. The van der Waals surface area contributed by atoms with E-state index in [2.05, 4.69) is 22.4 Å². The summed E-state index contributed by atoms with van der Waals surface area (Å²) in [6.07, 6.45) is 0.495. The summed E-state index contributed by atoms with van der Waals surface area (Å²) in [6, 6.07) is 17.8. The Kier molecular flexibility index (Phi) is 6.72. The van der Waals surface area contributed by atoms with E-state index < -0.39 is 0 Å². The quantitative estimate of drug-likeness (QED) is 0.525. The molecule has 3 aromatic rings. The van der Waals surface area contributed by atoms with Crippen molar-refractivity contribution < 1.29 is 4.79 Å². The Hall–Kier alpha value is -1.82. The average molecular weight is 403 g/mol. The Morgan fingerprint density at radius 3 is 2.65 bits per heavy atom. The second-order valence-corrected chi connectivity index (χ2v) is 8.35. The molecule has 26 heavy (non-hydrogen) atoms. The normalized spacial score (nSPS) is 10.7. The van der Waals surface area contributed by atoms with Crippen LogP contribution in [0.15, 0.2) is 59.5 Å². The molecule has 0 saturated heterocycles. The molecule has 2 aromatic carbocycles. The first kappa shape index (κ1) is 19.0. The van der Waals surface area contributed by atoms with Gasteiger partial charge in [-0.2, -0.15) is 0 Å². The van der Waals surface area contributed by atoms with Crippen molar-refractivity contribution in [2.75, 3.05) is 5.75 Å². The number of nitrogens with zero attached hydrogens (tertiary/aromatic N) is 1. The van der Waals surface area contributed by atoms with Gasteiger partial charge >= 0.3 is 0 Å². The number of thiazole rings is 1. The molecule has 0 fully saturated rings. The standard InChI is InChI=1S/C20H19ClN2OS2/c1-14-18(26-20(23-14)16-9-5-6-10-17(16)21)13-22-19(24)11-12-25-15-7-3-2-4-8-15/h2-10H,11-13H2,1H3,(H,22,24). The monoisotopic (exact) mass is 402 g/mol. The van der Waals surface area contributed by atoms with Crippen molar-refractivity contribution in [2.45, 2.75) is 24.8 Å². The van der Waals surface area contributed by atoms with Gasteiger partial charge in [0, 0.05) is 27.5 Å². The van der Waals surface area contributed by atoms with E-state index in [-0.39, 0.29) is 5.91 Å². The van der Waals surface area contributed by atoms with Gasteiger partial charge in [0.05, 0.1) is 17.3 Å². The topological polar surface area (TPSA) is 42.0 Å². The number of thioether (sulfide) groups is 1. The van der Waals surface area contributed by atoms with Gasteiger partial charge in [-0.25, -0.2) is 4.98 Å². The first-order chi connectivity index (χ1) is 12.6. The van der Waals surface area contributed by atoms with E-state index >= 15 is 0 Å². The molecule has 3 rings (SSSR count). The van der Waals surface area contributed by atoms with Crippen molar-refractivity contribution in [1.29, 1.82) is 0 Å². The van der Waals surface area contributed by atoms with Crippen LogP contribution >= 0.6 is 34.7 Å². The molecule has 6 heteroatoms. The van der Waals surface area contributed by atoms with Crippen LogP contribution in [0.5, 0.6) is 0 Å². The van der Waals surface area contributed by atoms with Crippen LogP contribution in [0, 0.1) is 6.92 Å². The average Bonchev–Trinajstić information content (AvgIpc) is 3.02. The van der Waals surface area contributed by atoms with E-state index in [1.807, 2.05) is 49.4 Å². The molecule has 1 amide bonds. The SMILES string of the molecule is Cc1nc(-c2ccccc2Cl)sc1CNC(=O)CCSc1ccccc1. The summed E-state index contributed by atoms with van der Waals surface area (Å²) < 4.78 is 0. The fraction of sp³-hybridized carbons (Fsp3) is 0.200. The minimum atomic E-state index is 0.0560. The first-order valence-corrected chi connectivity index (χ1v) is 10.5. The van der Waals surface area contributed by atoms with Crippen molar-refractivity contribution >= 4 is 40.6 Å². The van der Waals surface area contributed by atoms with E-state index in [0.29, 0.717) is 18.0 Å². The molecule has 0 atom stereocenters. The van der Waals surface area contributed by atoms with Crippen molar-refractivity contribution in [2.24, 2.45) is 0 Å². The third-order valence-corrected chi connectivity index (χ3v) is 6.32. The van der Waals surface area contributed by atoms with Gasteiger partial charge in [0.15, 0.2) is 0 Å². The van der Waals surface area contributed by atoms with Gasteiger partial charge in [-0.05, 0) is 25.1 Å². The lowest BCUT2D eigenvalue weighted by atomic mass is 10.2. The molecule has 1 aromatic heterocycles. The summed E-state index contributed by atoms with van der Waals surface area (Å²) in [4.78, 5) is 18.9. The highest BCUT2D eigenvalue weighted by atomic mass is 35.5. The second-order valence-electron chi connectivity index (χ2n) is 5.70. The Labute approximate surface area is 166 Å². The van der Waals surface area contributed by atoms with E-state index in [9.17, 15) is 4.79 Å². The Balaban J connectivity index is 1.51. The molecule has 0 aliphatic carbocycles. The predicted molar refractivity (Wildman–Crippen MR) is 111 cm³/mol. The highest BCUT2D eigenvalue weighted by Crippen LogP contribution is 2.32. The van der Waals surface area contributed by atoms with Crippen LogP contribution < -0.4 is 5.32 Å². The molecule has 0 saturated carbocycles. The van der Waals surface area contributed by atoms with Gasteiger partial charge in [0.2, 0.25) is 5.91 Å². The molecule has 0 aliphatic heterocycles. The third kappa shape index (κ3) is 5.10. The van der Waals surface area contributed by atoms with Crippen LogP contribution in [0.1, 0.15) is 17.0 Å². The predicted octanol–water partition coefficient (Wildman–Crippen LogP) is 5.57. The smallest absolute Gasteiger partial charge is 0.221 e. The second kappa shape index (κ2) is 9.21. The lowest BCUT2D eigenvalue weighted by Gasteiger charge is -2.04. The number of rotatable bonds is 7. The number of nitrogens with one attached hydrogen (secondary N) is 1. The maximum Gasteiger partial charge on any atom is 0.221 e. The number of hydrogen-bond donors (Lipinski definition) is 1. The largest absolute Gasteiger partial charge is 0.351 e. The zero-order valence-electron chi connectivity index (χ0n) is 14.4. The van der Waals surface area contributed by atoms with E-state index in [1.54, 1.807) is 23.1 Å². The van der Waals surface area contributed by atoms with Crippen LogP contribution in [0.25, 0.3) is 10.6 Å². The number of aryl methyl sites for hydroxylation is 1. The number of halogens is 1. The zero-order chi connectivity index (χ0) is 18.4. The van der Waals surface area contributed by atoms with E-state index in [0.717, 1.165) is 26.9 Å². The van der Waals surface area contributed by atoms with Crippen molar-refractivity contribution in [3.05, 3.63) is 70.2 Å². The van der Waals surface area contributed by atoms with Crippen LogP contribution in [-0.4, -0.2) is 16.6 Å². The summed E-state index contributed by atoms with van der Waals surface area (Å²) in [5, 5.41) is 4.57. The van der Waals surface area contributed by atoms with E-state index in [4.69, 9.17) is 11.6 Å². The molecule has 1 heterocycles. The fourth-order valence-corrected chi connectivity index (χ4v) is 4.58. The van der Waals surface area contributed by atoms with Gasteiger partial charge in [-0.1, -0.05) is 48.0 Å². The molecule has 1 N–H and O–H groups in total. The van der Waals surface area contributed by atoms with Gasteiger partial charge in [-0.15, -0.1) is 23.1 Å². The highest BCUT2D eigenvalue weighted by molar-refractivity contribution is 7.99. The minimum Gasteiger partial charge on any atom is -0.351 e. The molecular weight excluding hydrogens is 384 g/mol. The molecule has 0 unspecified atom stereocenters. The van der Waals surface area contributed by atoms with Gasteiger partial charge < -0.3 is 5.32 Å². The molecular formula is C20H19ClN2OS2. The third-order valence-electron chi connectivity index (χ3n) is 3.78. The summed E-state index contributed by atoms with van der Waals surface area (Å²) >= 11 is 9.52. The molecule has 0 spiro atoms. The molecule has 3 nitrogen and oxygen atoms in total. The van der Waals surface area contributed by atoms with Crippen molar-refractivity contribution in [3.8, 4) is 10.6 Å². The number of hydrogen-bond acceptors (Lipinski definition) is 4. The molecule has 0 bridgehead atoms. The maximum atomic E-state index is 12.1. The molecule has 0 radical (unpaired) electrons. The molecule has 0 aliphatic rings. The Morgan fingerprint density at radius 2 is 1.88 bits per heavy atom. The Bertz CT molecular complexity index is 881. The lowest BCUT2D eigenvalue weighted by Crippen LogP contribution is -2.22. The number of aromatic nitrogens is 1. The number of benzene rings is 2. The maximum absolute atomic E-state index is 12.1. The van der Waals surface area contributed by atoms with E-state index in [1.165, 1.54) is 4.90 Å². The summed E-state index contributed by atoms with van der Waals surface area (Å²) in [5.41, 5.74) is 1.86. The Morgan fingerprint density at radius 1 is 1.15 bits per heavy atom.